The maximum absolute atomic E-state index is 10.8. The molecule has 0 amide bonds. The van der Waals surface area contributed by atoms with E-state index in [4.69, 9.17) is 0 Å². The second-order valence-corrected chi connectivity index (χ2v) is 5.88. The van der Waals surface area contributed by atoms with E-state index in [-0.39, 0.29) is 6.61 Å². The van der Waals surface area contributed by atoms with Crippen molar-refractivity contribution >= 4 is 0 Å². The Morgan fingerprint density at radius 3 is 2.11 bits per heavy atom. The molecule has 1 aromatic rings. The molecule has 0 spiro atoms. The van der Waals surface area contributed by atoms with E-state index in [1.807, 2.05) is 32.9 Å². The normalized spacial score (nSPS) is 20.1. The van der Waals surface area contributed by atoms with Gasteiger partial charge in [-0.15, -0.1) is 0 Å². The van der Waals surface area contributed by atoms with Crippen LogP contribution in [-0.2, 0) is 12.2 Å². The zero-order valence-electron chi connectivity index (χ0n) is 11.7. The Morgan fingerprint density at radius 1 is 1.17 bits per heavy atom. The lowest BCUT2D eigenvalue weighted by molar-refractivity contribution is -0.00345. The van der Waals surface area contributed by atoms with Gasteiger partial charge in [0.2, 0.25) is 0 Å². The van der Waals surface area contributed by atoms with Crippen LogP contribution in [0.2, 0.25) is 0 Å². The van der Waals surface area contributed by atoms with Crippen LogP contribution in [0.5, 0.6) is 0 Å². The van der Waals surface area contributed by atoms with E-state index >= 15 is 0 Å². The zero-order chi connectivity index (χ0) is 13.3. The van der Waals surface area contributed by atoms with Crippen molar-refractivity contribution in [3.63, 3.8) is 0 Å². The van der Waals surface area contributed by atoms with Crippen molar-refractivity contribution in [2.75, 3.05) is 0 Å². The Kier molecular flexibility index (Phi) is 3.79. The fraction of sp³-hybridized carbons (Fsp3) is 0.625. The van der Waals surface area contributed by atoms with Gasteiger partial charge in [-0.3, -0.25) is 0 Å². The van der Waals surface area contributed by atoms with Gasteiger partial charge in [-0.2, -0.15) is 0 Å². The predicted molar refractivity (Wildman–Crippen MR) is 73.4 cm³/mol. The van der Waals surface area contributed by atoms with Gasteiger partial charge in [-0.1, -0.05) is 25.0 Å². The molecule has 18 heavy (non-hydrogen) atoms. The van der Waals surface area contributed by atoms with Crippen molar-refractivity contribution in [2.24, 2.45) is 5.92 Å². The summed E-state index contributed by atoms with van der Waals surface area (Å²) in [5.41, 5.74) is 3.40. The van der Waals surface area contributed by atoms with Crippen molar-refractivity contribution in [2.45, 2.75) is 58.7 Å². The Labute approximate surface area is 110 Å². The van der Waals surface area contributed by atoms with E-state index in [1.54, 1.807) is 0 Å². The third kappa shape index (κ3) is 2.32. The average molecular weight is 248 g/mol. The average Bonchev–Trinajstić information content (AvgIpc) is 2.82. The monoisotopic (exact) mass is 248 g/mol. The molecule has 1 aromatic carbocycles. The molecule has 100 valence electrons. The fourth-order valence-corrected chi connectivity index (χ4v) is 3.26. The van der Waals surface area contributed by atoms with Crippen molar-refractivity contribution < 1.29 is 10.2 Å². The minimum Gasteiger partial charge on any atom is -0.392 e. The molecule has 2 N–H and O–H groups in total. The second-order valence-electron chi connectivity index (χ2n) is 5.88. The molecule has 0 aliphatic heterocycles. The Hall–Kier alpha value is -0.860. The second kappa shape index (κ2) is 5.02. The van der Waals surface area contributed by atoms with Gasteiger partial charge in [0, 0.05) is 0 Å². The molecule has 1 fully saturated rings. The number of benzene rings is 1. The smallest absolute Gasteiger partial charge is 0.0896 e. The van der Waals surface area contributed by atoms with Gasteiger partial charge in [-0.25, -0.2) is 0 Å². The number of rotatable bonds is 3. The lowest BCUT2D eigenvalue weighted by atomic mass is 9.80. The molecule has 0 heterocycles. The van der Waals surface area contributed by atoms with Crippen molar-refractivity contribution in [3.05, 3.63) is 34.4 Å². The summed E-state index contributed by atoms with van der Waals surface area (Å²) in [6.07, 6.45) is 4.70. The highest BCUT2D eigenvalue weighted by Gasteiger charge is 2.35. The minimum absolute atomic E-state index is 0.0729. The van der Waals surface area contributed by atoms with E-state index in [0.717, 1.165) is 35.1 Å². The molecule has 1 saturated carbocycles. The summed E-state index contributed by atoms with van der Waals surface area (Å²) in [4.78, 5) is 0. The van der Waals surface area contributed by atoms with E-state index < -0.39 is 5.60 Å². The van der Waals surface area contributed by atoms with Crippen LogP contribution < -0.4 is 0 Å². The number of hydrogen-bond donors (Lipinski definition) is 2. The third-order valence-corrected chi connectivity index (χ3v) is 4.59. The summed E-state index contributed by atoms with van der Waals surface area (Å²) in [6.45, 7) is 6.03. The molecule has 2 nitrogen and oxygen atoms in total. The van der Waals surface area contributed by atoms with E-state index in [2.05, 4.69) is 0 Å². The summed E-state index contributed by atoms with van der Waals surface area (Å²) < 4.78 is 0. The van der Waals surface area contributed by atoms with Crippen LogP contribution in [0, 0.1) is 19.8 Å². The molecule has 0 bridgehead atoms. The molecule has 0 aromatic heterocycles. The maximum Gasteiger partial charge on any atom is 0.0896 e. The summed E-state index contributed by atoms with van der Waals surface area (Å²) in [6, 6.07) is 4.08. The van der Waals surface area contributed by atoms with Gasteiger partial charge in [-0.05, 0) is 61.8 Å². The summed E-state index contributed by atoms with van der Waals surface area (Å²) in [7, 11) is 0. The molecule has 2 heteroatoms. The molecule has 1 atom stereocenters. The van der Waals surface area contributed by atoms with Gasteiger partial charge in [0.25, 0.3) is 0 Å². The van der Waals surface area contributed by atoms with E-state index in [9.17, 15) is 10.2 Å². The van der Waals surface area contributed by atoms with Gasteiger partial charge in [0.1, 0.15) is 0 Å². The van der Waals surface area contributed by atoms with Gasteiger partial charge in [0.15, 0.2) is 0 Å². The lowest BCUT2D eigenvalue weighted by Crippen LogP contribution is -2.30. The fourth-order valence-electron chi connectivity index (χ4n) is 3.26. The van der Waals surface area contributed by atoms with Crippen LogP contribution >= 0.6 is 0 Å². The predicted octanol–water partition coefficient (Wildman–Crippen LogP) is 3.19. The molecule has 1 aliphatic rings. The quantitative estimate of drug-likeness (QED) is 0.862. The molecule has 1 aliphatic carbocycles. The highest BCUT2D eigenvalue weighted by molar-refractivity contribution is 5.40. The van der Waals surface area contributed by atoms with Crippen LogP contribution in [-0.4, -0.2) is 10.2 Å². The first kappa shape index (κ1) is 13.6. The third-order valence-electron chi connectivity index (χ3n) is 4.59. The van der Waals surface area contributed by atoms with Gasteiger partial charge < -0.3 is 10.2 Å². The highest BCUT2D eigenvalue weighted by Crippen LogP contribution is 2.41. The maximum atomic E-state index is 10.8. The Balaban J connectivity index is 2.38. The minimum atomic E-state index is -0.736. The number of aliphatic hydroxyl groups is 2. The number of aryl methyl sites for hydroxylation is 2. The Bertz CT molecular complexity index is 406. The highest BCUT2D eigenvalue weighted by atomic mass is 16.3. The van der Waals surface area contributed by atoms with Crippen LogP contribution in [0.15, 0.2) is 12.1 Å². The van der Waals surface area contributed by atoms with Crippen LogP contribution in [0.3, 0.4) is 0 Å². The van der Waals surface area contributed by atoms with E-state index in [1.165, 1.54) is 12.8 Å². The topological polar surface area (TPSA) is 40.5 Å². The van der Waals surface area contributed by atoms with Crippen LogP contribution in [0.1, 0.15) is 54.9 Å². The largest absolute Gasteiger partial charge is 0.392 e. The van der Waals surface area contributed by atoms with E-state index in [0.29, 0.717) is 5.92 Å². The van der Waals surface area contributed by atoms with Gasteiger partial charge in [0.05, 0.1) is 12.2 Å². The molecule has 0 radical (unpaired) electrons. The number of hydrogen-bond acceptors (Lipinski definition) is 2. The molecule has 2 rings (SSSR count). The standard InChI is InChI=1S/C16H24O2/c1-11-8-14(9-12(2)15(11)10-17)16(3,18)13-6-4-5-7-13/h8-9,13,17-18H,4-7,10H2,1-3H3/t16-/m0/s1. The first-order valence-electron chi connectivity index (χ1n) is 6.90. The summed E-state index contributed by atoms with van der Waals surface area (Å²) >= 11 is 0. The van der Waals surface area contributed by atoms with Crippen molar-refractivity contribution in [3.8, 4) is 0 Å². The first-order chi connectivity index (χ1) is 8.46. The lowest BCUT2D eigenvalue weighted by Gasteiger charge is -2.31. The number of aliphatic hydroxyl groups excluding tert-OH is 1. The van der Waals surface area contributed by atoms with Crippen molar-refractivity contribution in [1.82, 2.24) is 0 Å². The van der Waals surface area contributed by atoms with Crippen LogP contribution in [0.25, 0.3) is 0 Å². The zero-order valence-corrected chi connectivity index (χ0v) is 11.7. The Morgan fingerprint density at radius 2 is 1.67 bits per heavy atom. The van der Waals surface area contributed by atoms with Crippen molar-refractivity contribution in [1.29, 1.82) is 0 Å². The molecular formula is C16H24O2. The SMILES string of the molecule is Cc1cc([C@@](C)(O)C2CCCC2)cc(C)c1CO. The summed E-state index contributed by atoms with van der Waals surface area (Å²) in [5, 5.41) is 20.2. The molecule has 0 unspecified atom stereocenters. The molecular weight excluding hydrogens is 224 g/mol. The van der Waals surface area contributed by atoms with Crippen LogP contribution in [0.4, 0.5) is 0 Å². The summed E-state index contributed by atoms with van der Waals surface area (Å²) in [5.74, 6) is 0.372. The molecule has 0 saturated heterocycles. The van der Waals surface area contributed by atoms with Gasteiger partial charge >= 0.3 is 0 Å². The first-order valence-corrected chi connectivity index (χ1v) is 6.90.